The van der Waals surface area contributed by atoms with E-state index in [1.54, 1.807) is 0 Å². The quantitative estimate of drug-likeness (QED) is 0.236. The maximum atomic E-state index is 13.7. The summed E-state index contributed by atoms with van der Waals surface area (Å²) in [7, 11) is 2.05. The second kappa shape index (κ2) is 13.3. The van der Waals surface area contributed by atoms with Crippen molar-refractivity contribution in [3.63, 3.8) is 0 Å². The molecule has 1 saturated heterocycles. The van der Waals surface area contributed by atoms with Gasteiger partial charge in [-0.2, -0.15) is 5.10 Å². The molecule has 7 rings (SSSR count). The number of aliphatic carboxylic acids is 1. The summed E-state index contributed by atoms with van der Waals surface area (Å²) in [6, 6.07) is 6.28. The van der Waals surface area contributed by atoms with Crippen molar-refractivity contribution in [2.45, 2.75) is 125 Å². The van der Waals surface area contributed by atoms with Gasteiger partial charge in [0.05, 0.1) is 43.6 Å². The van der Waals surface area contributed by atoms with Crippen LogP contribution in [0, 0.1) is 62.6 Å². The minimum absolute atomic E-state index is 0.0133. The molecule has 292 valence electrons. The number of ether oxygens (including phenoxy) is 2. The number of aromatic nitrogens is 3. The molecule has 0 radical (unpaired) electrons. The Morgan fingerprint density at radius 1 is 1.04 bits per heavy atom. The Morgan fingerprint density at radius 2 is 1.75 bits per heavy atom. The first-order valence-corrected chi connectivity index (χ1v) is 20.7. The largest absolute Gasteiger partial charge is 0.481 e. The first-order chi connectivity index (χ1) is 24.9. The summed E-state index contributed by atoms with van der Waals surface area (Å²) >= 11 is 0. The number of likely N-dealkylation sites (N-methyl/N-ethyl adjacent to an activating group) is 1. The molecule has 3 saturated carbocycles. The van der Waals surface area contributed by atoms with Gasteiger partial charge in [0.25, 0.3) is 0 Å². The Labute approximate surface area is 319 Å². The third-order valence-electron chi connectivity index (χ3n) is 17.4. The van der Waals surface area contributed by atoms with Crippen molar-refractivity contribution in [1.29, 1.82) is 0 Å². The molecule has 8 nitrogen and oxygen atoms in total. The Morgan fingerprint density at radius 3 is 2.40 bits per heavy atom. The van der Waals surface area contributed by atoms with Crippen LogP contribution >= 0.6 is 0 Å². The topological polar surface area (TPSA) is 98.5 Å². The zero-order valence-corrected chi connectivity index (χ0v) is 34.5. The van der Waals surface area contributed by atoms with E-state index in [2.05, 4.69) is 116 Å². The predicted octanol–water partition coefficient (Wildman–Crippen LogP) is 9.09. The van der Waals surface area contributed by atoms with E-state index >= 15 is 0 Å². The fourth-order valence-electron chi connectivity index (χ4n) is 13.2. The van der Waals surface area contributed by atoms with Crippen molar-refractivity contribution < 1.29 is 19.4 Å². The number of allylic oxidation sites excluding steroid dienone is 1. The van der Waals surface area contributed by atoms with Crippen LogP contribution in [0.25, 0.3) is 11.3 Å². The second-order valence-corrected chi connectivity index (χ2v) is 20.1. The normalized spacial score (nSPS) is 41.2. The van der Waals surface area contributed by atoms with Crippen molar-refractivity contribution in [3.8, 4) is 11.3 Å². The minimum Gasteiger partial charge on any atom is -0.481 e. The lowest BCUT2D eigenvalue weighted by Crippen LogP contribution is -2.70. The number of carboxylic acid groups (broad SMARTS) is 1. The third-order valence-corrected chi connectivity index (χ3v) is 17.4. The van der Waals surface area contributed by atoms with E-state index < -0.39 is 11.9 Å². The smallest absolute Gasteiger partial charge is 0.307 e. The van der Waals surface area contributed by atoms with E-state index in [1.165, 1.54) is 5.57 Å². The van der Waals surface area contributed by atoms with Crippen LogP contribution in [-0.2, 0) is 14.3 Å². The molecule has 0 unspecified atom stereocenters. The molecule has 5 aliphatic rings. The first-order valence-electron chi connectivity index (χ1n) is 20.7. The Balaban J connectivity index is 1.41. The van der Waals surface area contributed by atoms with Crippen LogP contribution in [-0.4, -0.2) is 64.4 Å². The molecule has 2 aromatic heterocycles. The van der Waals surface area contributed by atoms with Crippen LogP contribution < -0.4 is 5.32 Å². The number of carboxylic acids is 1. The van der Waals surface area contributed by atoms with Crippen LogP contribution in [0.15, 0.2) is 48.4 Å². The van der Waals surface area contributed by atoms with Gasteiger partial charge in [-0.05, 0) is 122 Å². The van der Waals surface area contributed by atoms with Crippen molar-refractivity contribution in [2.75, 3.05) is 26.9 Å². The molecule has 0 amide bonds. The average Bonchev–Trinajstić information content (AvgIpc) is 3.61. The number of carbonyl (C=O) groups is 1. The van der Waals surface area contributed by atoms with Crippen LogP contribution in [0.4, 0.5) is 0 Å². The van der Waals surface area contributed by atoms with Crippen molar-refractivity contribution in [2.24, 2.45) is 62.6 Å². The lowest BCUT2D eigenvalue weighted by molar-refractivity contribution is -0.254. The number of hydrogen-bond acceptors (Lipinski definition) is 6. The van der Waals surface area contributed by atoms with E-state index in [0.717, 1.165) is 56.4 Å². The zero-order chi connectivity index (χ0) is 38.4. The van der Waals surface area contributed by atoms with Crippen LogP contribution in [0.1, 0.15) is 114 Å². The Hall–Kier alpha value is -2.55. The van der Waals surface area contributed by atoms with Crippen LogP contribution in [0.3, 0.4) is 0 Å². The van der Waals surface area contributed by atoms with E-state index in [4.69, 9.17) is 14.6 Å². The van der Waals surface area contributed by atoms with Crippen molar-refractivity contribution in [3.05, 3.63) is 48.4 Å². The molecular formula is C45H68N4O4. The van der Waals surface area contributed by atoms with E-state index in [9.17, 15) is 9.90 Å². The fourth-order valence-corrected chi connectivity index (χ4v) is 13.2. The fraction of sp³-hybridized carbons (Fsp3) is 0.756. The number of hydrogen-bond donors (Lipinski definition) is 2. The summed E-state index contributed by atoms with van der Waals surface area (Å²) in [6.07, 6.45) is 13.9. The molecule has 12 atom stereocenters. The molecular weight excluding hydrogens is 661 g/mol. The molecule has 8 heteroatoms. The maximum absolute atomic E-state index is 13.7. The van der Waals surface area contributed by atoms with Gasteiger partial charge < -0.3 is 19.9 Å². The molecule has 53 heavy (non-hydrogen) atoms. The van der Waals surface area contributed by atoms with E-state index in [-0.39, 0.29) is 50.7 Å². The van der Waals surface area contributed by atoms with Gasteiger partial charge in [-0.25, -0.2) is 0 Å². The molecule has 3 heterocycles. The van der Waals surface area contributed by atoms with E-state index in [0.29, 0.717) is 36.9 Å². The minimum atomic E-state index is -0.619. The summed E-state index contributed by atoms with van der Waals surface area (Å²) in [5.41, 5.74) is 2.20. The summed E-state index contributed by atoms with van der Waals surface area (Å²) in [4.78, 5) is 18.0. The molecule has 1 aliphatic heterocycles. The standard InChI is InChI=1S/C45H68N4O4/c1-28(2)30(5)41(7)19-20-42(8)32-12-13-36-40(6)24-35(49-34(17-23-48-49)31-15-21-47-22-16-31)38(53-26-44(10,46-11)29(3)4)45(36,27-52-25-40)33(32)14-18-43(42,9)37(41)39(50)51/h14-17,21-23,28-30,32,35-38,46H,12-13,18-20,24-27H2,1-11H3,(H,50,51)/t30-,32+,35-,36-,37-,38+,40-,41-,42-,43+,44+,45+/m1/s1. The number of nitrogens with zero attached hydrogens (tertiary/aromatic N) is 3. The molecule has 4 fully saturated rings. The maximum Gasteiger partial charge on any atom is 0.307 e. The monoisotopic (exact) mass is 729 g/mol. The van der Waals surface area contributed by atoms with Gasteiger partial charge in [0, 0.05) is 35.1 Å². The molecule has 0 spiro atoms. The lowest BCUT2D eigenvalue weighted by atomic mass is 9.34. The van der Waals surface area contributed by atoms with Gasteiger partial charge in [0.1, 0.15) is 0 Å². The number of nitrogens with one attached hydrogen (secondary N) is 1. The van der Waals surface area contributed by atoms with Crippen molar-refractivity contribution >= 4 is 5.97 Å². The van der Waals surface area contributed by atoms with Gasteiger partial charge in [0.2, 0.25) is 0 Å². The second-order valence-electron chi connectivity index (χ2n) is 20.1. The van der Waals surface area contributed by atoms with Gasteiger partial charge in [-0.15, -0.1) is 0 Å². The van der Waals surface area contributed by atoms with Crippen molar-refractivity contribution in [1.82, 2.24) is 20.1 Å². The highest BCUT2D eigenvalue weighted by molar-refractivity contribution is 5.73. The first kappa shape index (κ1) is 38.7. The third kappa shape index (κ3) is 5.49. The Bertz CT molecular complexity index is 1710. The Kier molecular flexibility index (Phi) is 9.71. The van der Waals surface area contributed by atoms with Gasteiger partial charge >= 0.3 is 5.97 Å². The lowest BCUT2D eigenvalue weighted by Gasteiger charge is -2.71. The number of fused-ring (bicyclic) bond motifs is 3. The number of pyridine rings is 1. The highest BCUT2D eigenvalue weighted by atomic mass is 16.5. The summed E-state index contributed by atoms with van der Waals surface area (Å²) in [6.45, 7) is 25.2. The molecule has 2 bridgehead atoms. The number of rotatable bonds is 10. The van der Waals surface area contributed by atoms with Gasteiger partial charge in [0.15, 0.2) is 0 Å². The average molecular weight is 729 g/mol. The summed E-state index contributed by atoms with van der Waals surface area (Å²) in [5.74, 6) is 0.691. The molecule has 2 aromatic rings. The zero-order valence-electron chi connectivity index (χ0n) is 34.5. The molecule has 2 N–H and O–H groups in total. The molecule has 0 aromatic carbocycles. The SMILES string of the molecule is CN[C@@](C)(CO[C@H]1[C@H](n2nccc2-c2ccncc2)C[C@]2(C)COC[C@@]13C1=CC[C@@]4(C)[C@H](C(=O)O)[C@@](C)([C@H](C)C(C)C)CC[C@]4(C)[C@H]1CC[C@H]23)C(C)C. The summed E-state index contributed by atoms with van der Waals surface area (Å²) in [5, 5.41) is 19.9. The highest BCUT2D eigenvalue weighted by Gasteiger charge is 2.72. The van der Waals surface area contributed by atoms with Crippen LogP contribution in [0.5, 0.6) is 0 Å². The molecule has 4 aliphatic carbocycles. The summed E-state index contributed by atoms with van der Waals surface area (Å²) < 4.78 is 16.7. The van der Waals surface area contributed by atoms with Gasteiger partial charge in [-0.1, -0.05) is 74.0 Å². The van der Waals surface area contributed by atoms with Crippen LogP contribution in [0.2, 0.25) is 0 Å². The van der Waals surface area contributed by atoms with Gasteiger partial charge in [-0.3, -0.25) is 14.5 Å². The van der Waals surface area contributed by atoms with E-state index in [1.807, 2.05) is 18.6 Å². The highest BCUT2D eigenvalue weighted by Crippen LogP contribution is 2.75. The predicted molar refractivity (Wildman–Crippen MR) is 210 cm³/mol.